The summed E-state index contributed by atoms with van der Waals surface area (Å²) in [5.74, 6) is -0.907. The number of benzene rings is 1. The Morgan fingerprint density at radius 3 is 2.51 bits per heavy atom. The number of pyridine rings is 1. The summed E-state index contributed by atoms with van der Waals surface area (Å²) in [5, 5.41) is 6.01. The quantitative estimate of drug-likeness (QED) is 0.568. The Bertz CT molecular complexity index is 1330. The van der Waals surface area contributed by atoms with Crippen LogP contribution in [0.1, 0.15) is 45.7 Å². The van der Waals surface area contributed by atoms with Crippen LogP contribution in [0.15, 0.2) is 41.2 Å². The highest BCUT2D eigenvalue weighted by Gasteiger charge is 2.58. The van der Waals surface area contributed by atoms with Gasteiger partial charge in [0.15, 0.2) is 9.84 Å². The van der Waals surface area contributed by atoms with Crippen molar-refractivity contribution in [2.45, 2.75) is 42.3 Å². The number of carbonyl (C=O) groups is 2. The minimum Gasteiger partial charge on any atom is -0.348 e. The van der Waals surface area contributed by atoms with Crippen LogP contribution >= 0.6 is 11.6 Å². The fraction of sp³-hybridized carbons (Fsp3) is 0.458. The first-order valence-electron chi connectivity index (χ1n) is 11.7. The lowest BCUT2D eigenvalue weighted by molar-refractivity contribution is 0.0694. The van der Waals surface area contributed by atoms with Crippen molar-refractivity contribution in [3.05, 3.63) is 68.6 Å². The van der Waals surface area contributed by atoms with Crippen LogP contribution in [0.2, 0.25) is 5.02 Å². The maximum Gasteiger partial charge on any atom is 0.270 e. The summed E-state index contributed by atoms with van der Waals surface area (Å²) in [6, 6.07) is 9.84. The van der Waals surface area contributed by atoms with Gasteiger partial charge in [0.25, 0.3) is 17.4 Å². The van der Waals surface area contributed by atoms with E-state index in [0.717, 1.165) is 5.56 Å². The van der Waals surface area contributed by atoms with Crippen molar-refractivity contribution in [2.24, 2.45) is 0 Å². The average molecular weight is 519 g/mol. The van der Waals surface area contributed by atoms with Crippen LogP contribution in [0, 0.1) is 0 Å². The summed E-state index contributed by atoms with van der Waals surface area (Å²) in [7, 11) is -3.37. The third-order valence-corrected chi connectivity index (χ3v) is 10.5. The van der Waals surface area contributed by atoms with E-state index >= 15 is 0 Å². The van der Waals surface area contributed by atoms with Gasteiger partial charge in [-0.1, -0.05) is 23.7 Å². The monoisotopic (exact) mass is 518 g/mol. The Hall–Kier alpha value is -2.69. The Kier molecular flexibility index (Phi) is 6.23. The van der Waals surface area contributed by atoms with Gasteiger partial charge in [0.2, 0.25) is 0 Å². The first-order chi connectivity index (χ1) is 16.7. The molecule has 2 N–H and O–H groups in total. The van der Waals surface area contributed by atoms with Crippen LogP contribution in [0.5, 0.6) is 0 Å². The Morgan fingerprint density at radius 1 is 1.11 bits per heavy atom. The second kappa shape index (κ2) is 9.07. The normalized spacial score (nSPS) is 21.0. The number of nitrogens with one attached hydrogen (secondary N) is 2. The molecule has 1 saturated heterocycles. The van der Waals surface area contributed by atoms with Crippen molar-refractivity contribution in [3.8, 4) is 0 Å². The molecule has 0 spiro atoms. The van der Waals surface area contributed by atoms with Gasteiger partial charge in [-0.2, -0.15) is 0 Å². The molecule has 1 saturated carbocycles. The van der Waals surface area contributed by atoms with Crippen LogP contribution in [0.3, 0.4) is 0 Å². The van der Waals surface area contributed by atoms with E-state index in [0.29, 0.717) is 37.4 Å². The number of sulfone groups is 1. The molecular formula is C24H27ClN4O5S. The average Bonchev–Trinajstić information content (AvgIpc) is 3.42. The van der Waals surface area contributed by atoms with Crippen LogP contribution in [-0.4, -0.2) is 65.9 Å². The van der Waals surface area contributed by atoms with Gasteiger partial charge in [-0.25, -0.2) is 8.42 Å². The van der Waals surface area contributed by atoms with Gasteiger partial charge in [0, 0.05) is 37.7 Å². The zero-order chi connectivity index (χ0) is 24.8. The fourth-order valence-corrected chi connectivity index (χ4v) is 7.55. The molecule has 2 aromatic rings. The molecule has 1 aliphatic carbocycles. The molecule has 0 radical (unpaired) electrons. The molecule has 2 fully saturated rings. The van der Waals surface area contributed by atoms with Crippen molar-refractivity contribution in [3.63, 3.8) is 0 Å². The molecule has 1 aromatic heterocycles. The van der Waals surface area contributed by atoms with Crippen LogP contribution < -0.4 is 16.2 Å². The molecule has 2 amide bonds. The lowest BCUT2D eigenvalue weighted by atomic mass is 10.1. The van der Waals surface area contributed by atoms with Crippen molar-refractivity contribution in [1.82, 2.24) is 20.1 Å². The van der Waals surface area contributed by atoms with E-state index in [9.17, 15) is 22.8 Å². The zero-order valence-corrected chi connectivity index (χ0v) is 20.7. The lowest BCUT2D eigenvalue weighted by Gasteiger charge is -2.33. The van der Waals surface area contributed by atoms with E-state index in [1.807, 2.05) is 0 Å². The molecule has 1 unspecified atom stereocenters. The number of carbonyl (C=O) groups excluding carboxylic acids is 2. The SMILES string of the molecule is O=C(NCc1ccc(Cl)cc1)c1ccc2n(c1=O)CCN(CC1(S(=O)(=O)C3CCNC3)CC1)C2=O. The molecule has 186 valence electrons. The van der Waals surface area contributed by atoms with Crippen molar-refractivity contribution >= 4 is 33.3 Å². The van der Waals surface area contributed by atoms with E-state index in [2.05, 4.69) is 10.6 Å². The van der Waals surface area contributed by atoms with Crippen molar-refractivity contribution < 1.29 is 18.0 Å². The van der Waals surface area contributed by atoms with Crippen molar-refractivity contribution in [1.29, 1.82) is 0 Å². The molecule has 9 nitrogen and oxygen atoms in total. The van der Waals surface area contributed by atoms with Gasteiger partial charge in [-0.3, -0.25) is 14.4 Å². The number of rotatable bonds is 7. The summed E-state index contributed by atoms with van der Waals surface area (Å²) in [6.07, 6.45) is 1.70. The summed E-state index contributed by atoms with van der Waals surface area (Å²) < 4.78 is 26.9. The van der Waals surface area contributed by atoms with Gasteiger partial charge in [-0.05, 0) is 55.6 Å². The molecule has 0 bridgehead atoms. The number of hydrogen-bond acceptors (Lipinski definition) is 6. The number of nitrogens with zero attached hydrogens (tertiary/aromatic N) is 2. The van der Waals surface area contributed by atoms with Gasteiger partial charge < -0.3 is 20.1 Å². The third kappa shape index (κ3) is 4.39. The number of hydrogen-bond donors (Lipinski definition) is 2. The van der Waals surface area contributed by atoms with E-state index in [4.69, 9.17) is 11.6 Å². The summed E-state index contributed by atoms with van der Waals surface area (Å²) in [5.41, 5.74) is 0.434. The minimum absolute atomic E-state index is 0.0427. The molecule has 11 heteroatoms. The molecule has 5 rings (SSSR count). The number of fused-ring (bicyclic) bond motifs is 1. The first kappa shape index (κ1) is 24.0. The molecule has 1 atom stereocenters. The van der Waals surface area contributed by atoms with E-state index < -0.39 is 31.3 Å². The predicted octanol–water partition coefficient (Wildman–Crippen LogP) is 1.20. The predicted molar refractivity (Wildman–Crippen MR) is 131 cm³/mol. The van der Waals surface area contributed by atoms with Crippen LogP contribution in [0.4, 0.5) is 0 Å². The fourth-order valence-electron chi connectivity index (χ4n) is 4.94. The number of aromatic nitrogens is 1. The Balaban J connectivity index is 1.30. The molecule has 2 aliphatic heterocycles. The van der Waals surface area contributed by atoms with Crippen molar-refractivity contribution in [2.75, 3.05) is 26.2 Å². The Morgan fingerprint density at radius 2 is 1.86 bits per heavy atom. The maximum atomic E-state index is 13.2. The topological polar surface area (TPSA) is 118 Å². The molecule has 35 heavy (non-hydrogen) atoms. The molecular weight excluding hydrogens is 492 g/mol. The van der Waals surface area contributed by atoms with Crippen LogP contribution in [-0.2, 0) is 22.9 Å². The zero-order valence-electron chi connectivity index (χ0n) is 19.1. The van der Waals surface area contributed by atoms with E-state index in [1.165, 1.54) is 16.7 Å². The van der Waals surface area contributed by atoms with E-state index in [1.54, 1.807) is 29.2 Å². The van der Waals surface area contributed by atoms with Gasteiger partial charge >= 0.3 is 0 Å². The highest BCUT2D eigenvalue weighted by Crippen LogP contribution is 2.47. The summed E-state index contributed by atoms with van der Waals surface area (Å²) >= 11 is 5.88. The first-order valence-corrected chi connectivity index (χ1v) is 13.6. The summed E-state index contributed by atoms with van der Waals surface area (Å²) in [6.45, 7) is 1.95. The smallest absolute Gasteiger partial charge is 0.270 e. The highest BCUT2D eigenvalue weighted by atomic mass is 35.5. The molecule has 3 aliphatic rings. The second-order valence-electron chi connectivity index (χ2n) is 9.47. The van der Waals surface area contributed by atoms with Gasteiger partial charge in [-0.15, -0.1) is 0 Å². The highest BCUT2D eigenvalue weighted by molar-refractivity contribution is 7.93. The summed E-state index contributed by atoms with van der Waals surface area (Å²) in [4.78, 5) is 40.4. The second-order valence-corrected chi connectivity index (χ2v) is 12.5. The van der Waals surface area contributed by atoms with Gasteiger partial charge in [0.05, 0.1) is 10.00 Å². The third-order valence-electron chi connectivity index (χ3n) is 7.23. The molecule has 1 aromatic carbocycles. The lowest BCUT2D eigenvalue weighted by Crippen LogP contribution is -2.51. The number of amides is 2. The van der Waals surface area contributed by atoms with E-state index in [-0.39, 0.29) is 43.3 Å². The molecule has 3 heterocycles. The number of halogens is 1. The van der Waals surface area contributed by atoms with Crippen LogP contribution in [0.25, 0.3) is 0 Å². The minimum atomic E-state index is -3.37. The maximum absolute atomic E-state index is 13.2. The largest absolute Gasteiger partial charge is 0.348 e. The Labute approximate surface area is 208 Å². The standard InChI is InChI=1S/C24H27ClN4O5S/c25-17-3-1-16(2-4-17)13-27-21(30)19-5-6-20-23(32)28(11-12-29(20)22(19)31)15-24(8-9-24)35(33,34)18-7-10-26-14-18/h1-6,18,26H,7-15H2,(H,27,30). The van der Waals surface area contributed by atoms with Gasteiger partial charge in [0.1, 0.15) is 11.3 Å².